The van der Waals surface area contributed by atoms with Gasteiger partial charge in [-0.25, -0.2) is 13.9 Å². The molecule has 0 aliphatic heterocycles. The van der Waals surface area contributed by atoms with Crippen LogP contribution in [0.4, 0.5) is 0 Å². The molecular weight excluding hydrogens is 380 g/mol. The number of benzene rings is 1. The minimum atomic E-state index is -3.77. The van der Waals surface area contributed by atoms with Gasteiger partial charge in [0.25, 0.3) is 5.91 Å². The first-order chi connectivity index (χ1) is 9.90. The minimum Gasteiger partial charge on any atom is -0.277 e. The summed E-state index contributed by atoms with van der Waals surface area (Å²) < 4.78 is 27.7. The van der Waals surface area contributed by atoms with Crippen molar-refractivity contribution in [3.05, 3.63) is 28.7 Å². The summed E-state index contributed by atoms with van der Waals surface area (Å²) in [4.78, 5) is 16.5. The minimum absolute atomic E-state index is 0.102. The van der Waals surface area contributed by atoms with E-state index in [1.54, 1.807) is 12.1 Å². The van der Waals surface area contributed by atoms with Gasteiger partial charge in [0, 0.05) is 4.47 Å². The largest absolute Gasteiger partial charge is 0.277 e. The molecule has 1 unspecified atom stereocenters. The van der Waals surface area contributed by atoms with E-state index in [1.165, 1.54) is 31.0 Å². The van der Waals surface area contributed by atoms with E-state index < -0.39 is 22.0 Å². The quantitative estimate of drug-likeness (QED) is 0.650. The number of thioether (sulfide) groups is 1. The summed E-state index contributed by atoms with van der Waals surface area (Å²) in [5, 5.41) is 0. The lowest BCUT2D eigenvalue weighted by atomic mass is 10.2. The molecule has 0 spiro atoms. The monoisotopic (exact) mass is 396 g/mol. The molecule has 9 heteroatoms. The predicted molar refractivity (Wildman–Crippen MR) is 86.4 cm³/mol. The van der Waals surface area contributed by atoms with Crippen molar-refractivity contribution in [2.75, 3.05) is 19.1 Å². The highest BCUT2D eigenvalue weighted by atomic mass is 79.9. The molecule has 0 saturated carbocycles. The van der Waals surface area contributed by atoms with E-state index in [4.69, 9.17) is 0 Å². The number of amides is 1. The van der Waals surface area contributed by atoms with Gasteiger partial charge in [0.2, 0.25) is 10.0 Å². The van der Waals surface area contributed by atoms with Gasteiger partial charge in [-0.15, -0.1) is 0 Å². The maximum absolute atomic E-state index is 12.3. The van der Waals surface area contributed by atoms with Crippen LogP contribution in [0.3, 0.4) is 0 Å². The number of sulfonamides is 1. The summed E-state index contributed by atoms with van der Waals surface area (Å²) in [6.45, 7) is 0. The Morgan fingerprint density at radius 3 is 2.52 bits per heavy atom. The van der Waals surface area contributed by atoms with Gasteiger partial charge in [-0.3, -0.25) is 9.63 Å². The average Bonchev–Trinajstić information content (AvgIpc) is 2.44. The van der Waals surface area contributed by atoms with Crippen molar-refractivity contribution in [1.29, 1.82) is 0 Å². The van der Waals surface area contributed by atoms with Crippen LogP contribution in [0, 0.1) is 0 Å². The molecule has 1 aromatic carbocycles. The Bertz CT molecular complexity index is 563. The highest BCUT2D eigenvalue weighted by Gasteiger charge is 2.25. The van der Waals surface area contributed by atoms with Crippen LogP contribution in [0.15, 0.2) is 33.6 Å². The molecule has 0 bridgehead atoms. The van der Waals surface area contributed by atoms with Crippen molar-refractivity contribution >= 4 is 43.6 Å². The van der Waals surface area contributed by atoms with Gasteiger partial charge in [-0.1, -0.05) is 15.9 Å². The normalized spacial score (nSPS) is 12.9. The Labute approximate surface area is 137 Å². The van der Waals surface area contributed by atoms with E-state index in [9.17, 15) is 13.2 Å². The molecule has 118 valence electrons. The highest BCUT2D eigenvalue weighted by molar-refractivity contribution is 9.10. The number of carbonyl (C=O) groups is 1. The first kappa shape index (κ1) is 18.4. The average molecular weight is 397 g/mol. The Morgan fingerprint density at radius 1 is 1.38 bits per heavy atom. The SMILES string of the molecule is CONC(=O)C(CCSC)NS(=O)(=O)c1ccc(Br)cc1. The van der Waals surface area contributed by atoms with Crippen LogP contribution in [-0.2, 0) is 19.7 Å². The van der Waals surface area contributed by atoms with Gasteiger partial charge in [0.05, 0.1) is 12.0 Å². The van der Waals surface area contributed by atoms with E-state index in [1.807, 2.05) is 6.26 Å². The Hall–Kier alpha value is -0.610. The number of hydrogen-bond donors (Lipinski definition) is 2. The lowest BCUT2D eigenvalue weighted by Crippen LogP contribution is -2.46. The molecule has 0 aromatic heterocycles. The molecule has 6 nitrogen and oxygen atoms in total. The summed E-state index contributed by atoms with van der Waals surface area (Å²) >= 11 is 4.77. The zero-order valence-electron chi connectivity index (χ0n) is 11.6. The number of rotatable bonds is 8. The van der Waals surface area contributed by atoms with Gasteiger partial charge in [-0.05, 0) is 42.7 Å². The molecule has 1 aromatic rings. The first-order valence-electron chi connectivity index (χ1n) is 6.00. The lowest BCUT2D eigenvalue weighted by Gasteiger charge is -2.17. The fraction of sp³-hybridized carbons (Fsp3) is 0.417. The van der Waals surface area contributed by atoms with Crippen molar-refractivity contribution in [3.8, 4) is 0 Å². The maximum atomic E-state index is 12.3. The van der Waals surface area contributed by atoms with Crippen molar-refractivity contribution in [3.63, 3.8) is 0 Å². The molecule has 1 rings (SSSR count). The van der Waals surface area contributed by atoms with Gasteiger partial charge < -0.3 is 0 Å². The molecule has 0 aliphatic rings. The third kappa shape index (κ3) is 5.95. The van der Waals surface area contributed by atoms with E-state index in [0.717, 1.165) is 4.47 Å². The molecule has 0 fully saturated rings. The van der Waals surface area contributed by atoms with Crippen molar-refractivity contribution in [2.24, 2.45) is 0 Å². The number of nitrogens with one attached hydrogen (secondary N) is 2. The third-order valence-corrected chi connectivity index (χ3v) is 5.21. The predicted octanol–water partition coefficient (Wildman–Crippen LogP) is 1.53. The maximum Gasteiger partial charge on any atom is 0.261 e. The molecule has 0 heterocycles. The molecule has 1 atom stereocenters. The topological polar surface area (TPSA) is 84.5 Å². The third-order valence-electron chi connectivity index (χ3n) is 2.55. The number of hydroxylamine groups is 1. The van der Waals surface area contributed by atoms with E-state index in [2.05, 4.69) is 31.0 Å². The molecule has 0 saturated heterocycles. The van der Waals surface area contributed by atoms with Crippen LogP contribution in [0.25, 0.3) is 0 Å². The van der Waals surface area contributed by atoms with Crippen LogP contribution in [0.2, 0.25) is 0 Å². The summed E-state index contributed by atoms with van der Waals surface area (Å²) in [6.07, 6.45) is 2.25. The second-order valence-electron chi connectivity index (χ2n) is 4.08. The second-order valence-corrected chi connectivity index (χ2v) is 7.69. The lowest BCUT2D eigenvalue weighted by molar-refractivity contribution is -0.133. The molecule has 21 heavy (non-hydrogen) atoms. The summed E-state index contributed by atoms with van der Waals surface area (Å²) in [5.41, 5.74) is 2.16. The Kier molecular flexibility index (Phi) is 7.67. The van der Waals surface area contributed by atoms with Crippen molar-refractivity contribution < 1.29 is 18.0 Å². The van der Waals surface area contributed by atoms with Crippen molar-refractivity contribution in [2.45, 2.75) is 17.4 Å². The molecular formula is C12H17BrN2O4S2. The van der Waals surface area contributed by atoms with Gasteiger partial charge in [0.15, 0.2) is 0 Å². The molecule has 2 N–H and O–H groups in total. The Morgan fingerprint density at radius 2 is 2.00 bits per heavy atom. The van der Waals surface area contributed by atoms with Crippen LogP contribution in [-0.4, -0.2) is 39.5 Å². The van der Waals surface area contributed by atoms with Gasteiger partial charge in [-0.2, -0.15) is 16.5 Å². The number of halogens is 1. The van der Waals surface area contributed by atoms with Crippen LogP contribution < -0.4 is 10.2 Å². The smallest absolute Gasteiger partial charge is 0.261 e. The van der Waals surface area contributed by atoms with Gasteiger partial charge in [0.1, 0.15) is 6.04 Å². The first-order valence-corrected chi connectivity index (χ1v) is 9.67. The highest BCUT2D eigenvalue weighted by Crippen LogP contribution is 2.15. The fourth-order valence-electron chi connectivity index (χ4n) is 1.52. The van der Waals surface area contributed by atoms with Crippen LogP contribution in [0.1, 0.15) is 6.42 Å². The molecule has 0 aliphatic carbocycles. The van der Waals surface area contributed by atoms with E-state index in [0.29, 0.717) is 12.2 Å². The zero-order valence-corrected chi connectivity index (χ0v) is 14.8. The van der Waals surface area contributed by atoms with Crippen LogP contribution >= 0.6 is 27.7 Å². The fourth-order valence-corrected chi connectivity index (χ4v) is 3.49. The zero-order chi connectivity index (χ0) is 15.9. The molecule has 0 radical (unpaired) electrons. The molecule has 1 amide bonds. The van der Waals surface area contributed by atoms with E-state index in [-0.39, 0.29) is 4.90 Å². The standard InChI is InChI=1S/C12H17BrN2O4S2/c1-19-14-12(16)11(7-8-20-2)15-21(17,18)10-5-3-9(13)4-6-10/h3-6,11,15H,7-8H2,1-2H3,(H,14,16). The van der Waals surface area contributed by atoms with Crippen molar-refractivity contribution in [1.82, 2.24) is 10.2 Å². The van der Waals surface area contributed by atoms with E-state index >= 15 is 0 Å². The number of hydrogen-bond acceptors (Lipinski definition) is 5. The Balaban J connectivity index is 2.89. The summed E-state index contributed by atoms with van der Waals surface area (Å²) in [7, 11) is -2.47. The summed E-state index contributed by atoms with van der Waals surface area (Å²) in [6, 6.07) is 5.30. The van der Waals surface area contributed by atoms with Gasteiger partial charge >= 0.3 is 0 Å². The van der Waals surface area contributed by atoms with Crippen LogP contribution in [0.5, 0.6) is 0 Å². The summed E-state index contributed by atoms with van der Waals surface area (Å²) in [5.74, 6) is 0.122. The number of carbonyl (C=O) groups excluding carboxylic acids is 1. The second kappa shape index (κ2) is 8.74.